The number of nitrogens with zero attached hydrogens (tertiary/aromatic N) is 1. The van der Waals surface area contributed by atoms with Crippen LogP contribution in [0.2, 0.25) is 0 Å². The van der Waals surface area contributed by atoms with Crippen molar-refractivity contribution < 1.29 is 22.5 Å². The molecule has 0 aliphatic carbocycles. The molecule has 0 aliphatic heterocycles. The van der Waals surface area contributed by atoms with Crippen LogP contribution in [0.15, 0.2) is 12.1 Å². The highest BCUT2D eigenvalue weighted by molar-refractivity contribution is 5.54. The first kappa shape index (κ1) is 11.2. The van der Waals surface area contributed by atoms with Crippen molar-refractivity contribution in [2.75, 3.05) is 5.73 Å². The summed E-state index contributed by atoms with van der Waals surface area (Å²) in [5.74, 6) is -1.40. The van der Waals surface area contributed by atoms with E-state index in [1.165, 1.54) is 0 Å². The Morgan fingerprint density at radius 3 is 2.27 bits per heavy atom. The molecule has 0 saturated heterocycles. The molecule has 0 aliphatic rings. The van der Waals surface area contributed by atoms with Crippen LogP contribution in [0.25, 0.3) is 0 Å². The van der Waals surface area contributed by atoms with Crippen LogP contribution in [0.3, 0.4) is 0 Å². The SMILES string of the molecule is Nc1cc(F)c([N+](=O)[O-])cc1C(F)(F)F. The van der Waals surface area contributed by atoms with Crippen LogP contribution in [0, 0.1) is 15.9 Å². The minimum absolute atomic E-state index is 0.0741. The summed E-state index contributed by atoms with van der Waals surface area (Å²) in [5, 5.41) is 10.2. The van der Waals surface area contributed by atoms with Crippen molar-refractivity contribution in [3.05, 3.63) is 33.6 Å². The highest BCUT2D eigenvalue weighted by atomic mass is 19.4. The fourth-order valence-electron chi connectivity index (χ4n) is 0.963. The monoisotopic (exact) mass is 224 g/mol. The quantitative estimate of drug-likeness (QED) is 0.344. The molecule has 0 amide bonds. The lowest BCUT2D eigenvalue weighted by Crippen LogP contribution is -2.10. The predicted molar refractivity (Wildman–Crippen MR) is 42.5 cm³/mol. The third kappa shape index (κ3) is 2.14. The summed E-state index contributed by atoms with van der Waals surface area (Å²) in [6, 6.07) is 0.353. The standard InChI is InChI=1S/C7H4F4N2O2/c8-4-2-5(12)3(7(9,10)11)1-6(4)13(14)15/h1-2H,12H2. The molecule has 0 unspecified atom stereocenters. The summed E-state index contributed by atoms with van der Waals surface area (Å²) >= 11 is 0. The number of nitro groups is 1. The molecule has 15 heavy (non-hydrogen) atoms. The third-order valence-corrected chi connectivity index (χ3v) is 1.62. The first-order valence-electron chi connectivity index (χ1n) is 3.54. The van der Waals surface area contributed by atoms with E-state index in [4.69, 9.17) is 5.73 Å². The van der Waals surface area contributed by atoms with Gasteiger partial charge >= 0.3 is 11.9 Å². The van der Waals surface area contributed by atoms with Gasteiger partial charge in [-0.1, -0.05) is 0 Å². The maximum atomic E-state index is 12.8. The number of rotatable bonds is 1. The van der Waals surface area contributed by atoms with Crippen LogP contribution in [0.5, 0.6) is 0 Å². The van der Waals surface area contributed by atoms with Crippen LogP contribution < -0.4 is 5.73 Å². The van der Waals surface area contributed by atoms with E-state index in [9.17, 15) is 27.7 Å². The minimum Gasteiger partial charge on any atom is -0.398 e. The summed E-state index contributed by atoms with van der Waals surface area (Å²) in [6.45, 7) is 0. The van der Waals surface area contributed by atoms with Gasteiger partial charge in [0.15, 0.2) is 0 Å². The number of benzene rings is 1. The zero-order chi connectivity index (χ0) is 11.8. The Balaban J connectivity index is 3.43. The fraction of sp³-hybridized carbons (Fsp3) is 0.143. The summed E-state index contributed by atoms with van der Waals surface area (Å²) < 4.78 is 49.4. The largest absolute Gasteiger partial charge is 0.418 e. The van der Waals surface area contributed by atoms with Crippen LogP contribution in [0.1, 0.15) is 5.56 Å². The Morgan fingerprint density at radius 2 is 1.87 bits per heavy atom. The zero-order valence-electron chi connectivity index (χ0n) is 7.01. The maximum absolute atomic E-state index is 12.8. The average molecular weight is 224 g/mol. The summed E-state index contributed by atoms with van der Waals surface area (Å²) in [4.78, 5) is 8.92. The van der Waals surface area contributed by atoms with Crippen molar-refractivity contribution in [3.8, 4) is 0 Å². The van der Waals surface area contributed by atoms with Gasteiger partial charge in [-0.15, -0.1) is 0 Å². The molecule has 1 rings (SSSR count). The minimum atomic E-state index is -4.84. The van der Waals surface area contributed by atoms with Gasteiger partial charge in [-0.25, -0.2) is 0 Å². The van der Waals surface area contributed by atoms with E-state index in [2.05, 4.69) is 0 Å². The van der Waals surface area contributed by atoms with Crippen LogP contribution in [-0.2, 0) is 6.18 Å². The number of nitro benzene ring substituents is 1. The van der Waals surface area contributed by atoms with Crippen molar-refractivity contribution in [2.45, 2.75) is 6.18 Å². The second-order valence-corrected chi connectivity index (χ2v) is 2.65. The average Bonchev–Trinajstić information content (AvgIpc) is 2.00. The molecule has 0 spiro atoms. The van der Waals surface area contributed by atoms with E-state index >= 15 is 0 Å². The lowest BCUT2D eigenvalue weighted by molar-refractivity contribution is -0.387. The smallest absolute Gasteiger partial charge is 0.398 e. The van der Waals surface area contributed by atoms with Crippen molar-refractivity contribution >= 4 is 11.4 Å². The maximum Gasteiger partial charge on any atom is 0.418 e. The molecule has 0 bridgehead atoms. The third-order valence-electron chi connectivity index (χ3n) is 1.62. The van der Waals surface area contributed by atoms with E-state index in [0.29, 0.717) is 0 Å². The lowest BCUT2D eigenvalue weighted by Gasteiger charge is -2.09. The van der Waals surface area contributed by atoms with Crippen LogP contribution in [0.4, 0.5) is 28.9 Å². The number of hydrogen-bond donors (Lipinski definition) is 1. The number of nitrogens with two attached hydrogens (primary N) is 1. The molecule has 0 atom stereocenters. The zero-order valence-corrected chi connectivity index (χ0v) is 7.01. The van der Waals surface area contributed by atoms with Gasteiger partial charge in [0, 0.05) is 17.8 Å². The van der Waals surface area contributed by atoms with Gasteiger partial charge in [-0.3, -0.25) is 10.1 Å². The molecule has 1 aromatic rings. The fourth-order valence-corrected chi connectivity index (χ4v) is 0.963. The second kappa shape index (κ2) is 3.37. The highest BCUT2D eigenvalue weighted by Gasteiger charge is 2.35. The van der Waals surface area contributed by atoms with Gasteiger partial charge in [0.25, 0.3) is 0 Å². The molecule has 8 heteroatoms. The second-order valence-electron chi connectivity index (χ2n) is 2.65. The molecule has 0 radical (unpaired) electrons. The molecule has 0 fully saturated rings. The lowest BCUT2D eigenvalue weighted by atomic mass is 10.1. The number of hydrogen-bond acceptors (Lipinski definition) is 3. The van der Waals surface area contributed by atoms with Gasteiger partial charge in [0.1, 0.15) is 0 Å². The number of halogens is 4. The normalized spacial score (nSPS) is 11.5. The van der Waals surface area contributed by atoms with Gasteiger partial charge in [0.2, 0.25) is 5.82 Å². The molecule has 82 valence electrons. The first-order chi connectivity index (χ1) is 6.73. The molecular weight excluding hydrogens is 220 g/mol. The van der Waals surface area contributed by atoms with E-state index in [-0.39, 0.29) is 12.1 Å². The highest BCUT2D eigenvalue weighted by Crippen LogP contribution is 2.36. The summed E-state index contributed by atoms with van der Waals surface area (Å²) in [7, 11) is 0. The van der Waals surface area contributed by atoms with Gasteiger partial charge < -0.3 is 5.73 Å². The van der Waals surface area contributed by atoms with Crippen molar-refractivity contribution in [1.29, 1.82) is 0 Å². The Labute approximate surface area is 80.5 Å². The molecule has 1 aromatic carbocycles. The predicted octanol–water partition coefficient (Wildman–Crippen LogP) is 2.33. The number of alkyl halides is 3. The van der Waals surface area contributed by atoms with E-state index in [1.54, 1.807) is 0 Å². The first-order valence-corrected chi connectivity index (χ1v) is 3.54. The summed E-state index contributed by atoms with van der Waals surface area (Å²) in [5.41, 5.74) is 1.34. The molecule has 0 heterocycles. The van der Waals surface area contributed by atoms with E-state index in [1.807, 2.05) is 0 Å². The molecule has 0 saturated carbocycles. The van der Waals surface area contributed by atoms with Gasteiger partial charge in [0.05, 0.1) is 10.5 Å². The van der Waals surface area contributed by atoms with E-state index in [0.717, 1.165) is 0 Å². The van der Waals surface area contributed by atoms with Gasteiger partial charge in [-0.05, 0) is 0 Å². The Kier molecular flexibility index (Phi) is 2.52. The van der Waals surface area contributed by atoms with E-state index < -0.39 is 33.9 Å². The summed E-state index contributed by atoms with van der Waals surface area (Å²) in [6.07, 6.45) is -4.84. The topological polar surface area (TPSA) is 69.2 Å². The van der Waals surface area contributed by atoms with Crippen molar-refractivity contribution in [2.24, 2.45) is 0 Å². The number of nitrogen functional groups attached to an aromatic ring is 1. The Bertz CT molecular complexity index is 416. The Morgan fingerprint density at radius 1 is 1.33 bits per heavy atom. The Hall–Kier alpha value is -1.86. The number of anilines is 1. The van der Waals surface area contributed by atoms with Crippen molar-refractivity contribution in [3.63, 3.8) is 0 Å². The van der Waals surface area contributed by atoms with Crippen LogP contribution in [-0.4, -0.2) is 4.92 Å². The molecule has 0 aromatic heterocycles. The molecule has 2 N–H and O–H groups in total. The molecule has 4 nitrogen and oxygen atoms in total. The molecular formula is C7H4F4N2O2. The van der Waals surface area contributed by atoms with Gasteiger partial charge in [-0.2, -0.15) is 17.6 Å². The van der Waals surface area contributed by atoms with Crippen LogP contribution >= 0.6 is 0 Å². The van der Waals surface area contributed by atoms with Crippen molar-refractivity contribution in [1.82, 2.24) is 0 Å².